The minimum atomic E-state index is -3.65. The van der Waals surface area contributed by atoms with Gasteiger partial charge in [0, 0.05) is 38.1 Å². The van der Waals surface area contributed by atoms with E-state index in [0.717, 1.165) is 11.1 Å². The molecule has 0 radical (unpaired) electrons. The first-order chi connectivity index (χ1) is 22.3. The topological polar surface area (TPSA) is 115 Å². The summed E-state index contributed by atoms with van der Waals surface area (Å²) in [6.45, 7) is 0.666. The van der Waals surface area contributed by atoms with Crippen molar-refractivity contribution in [2.24, 2.45) is 4.99 Å². The van der Waals surface area contributed by atoms with Crippen molar-refractivity contribution in [3.63, 3.8) is 0 Å². The van der Waals surface area contributed by atoms with Crippen molar-refractivity contribution < 1.29 is 32.5 Å². The van der Waals surface area contributed by atoms with Gasteiger partial charge in [-0.25, -0.2) is 13.4 Å². The van der Waals surface area contributed by atoms with Crippen LogP contribution in [0.2, 0.25) is 0 Å². The largest absolute Gasteiger partial charge is 0.497 e. The van der Waals surface area contributed by atoms with Gasteiger partial charge in [-0.15, -0.1) is 0 Å². The van der Waals surface area contributed by atoms with Gasteiger partial charge < -0.3 is 24.2 Å². The summed E-state index contributed by atoms with van der Waals surface area (Å²) in [5.74, 6) is 1.01. The Morgan fingerprint density at radius 1 is 0.935 bits per heavy atom. The van der Waals surface area contributed by atoms with Gasteiger partial charge in [-0.05, 0) is 65.2 Å². The van der Waals surface area contributed by atoms with E-state index in [1.165, 1.54) is 0 Å². The van der Waals surface area contributed by atoms with Crippen LogP contribution in [0.1, 0.15) is 34.8 Å². The Hall–Kier alpha value is -4.67. The molecule has 0 fully saturated rings. The number of rotatable bonds is 11. The number of methoxy groups -OCH3 is 1. The average Bonchev–Trinajstić information content (AvgIpc) is 3.42. The highest BCUT2D eigenvalue weighted by Gasteiger charge is 2.56. The van der Waals surface area contributed by atoms with Crippen molar-refractivity contribution in [3.8, 4) is 11.5 Å². The number of hydrogen-bond donors (Lipinski definition) is 1. The number of aliphatic hydroxyl groups is 1. The molecule has 2 heterocycles. The Morgan fingerprint density at radius 2 is 1.67 bits per heavy atom. The lowest BCUT2D eigenvalue weighted by Gasteiger charge is -2.33. The second kappa shape index (κ2) is 13.4. The SMILES string of the molecule is COc1cccc([C@H]2OC(c3ccc(OCCCO)cc3)=N[C@]23Cc2ccccc2CN(CCS(=O)(=O)c2ccccc2)C3=O)c1. The molecule has 10 heteroatoms. The third-order valence-electron chi connectivity index (χ3n) is 8.36. The molecule has 0 saturated carbocycles. The predicted molar refractivity (Wildman–Crippen MR) is 174 cm³/mol. The normalized spacial score (nSPS) is 19.3. The summed E-state index contributed by atoms with van der Waals surface area (Å²) in [6.07, 6.45) is -0.0304. The summed E-state index contributed by atoms with van der Waals surface area (Å²) < 4.78 is 44.4. The van der Waals surface area contributed by atoms with Gasteiger partial charge in [0.15, 0.2) is 21.5 Å². The smallest absolute Gasteiger partial charge is 0.255 e. The molecule has 4 aromatic rings. The molecule has 1 N–H and O–H groups in total. The molecule has 4 aromatic carbocycles. The van der Waals surface area contributed by atoms with Gasteiger partial charge in [0.25, 0.3) is 5.91 Å². The first kappa shape index (κ1) is 31.3. The quantitative estimate of drug-likeness (QED) is 0.235. The van der Waals surface area contributed by atoms with Crippen LogP contribution in [-0.2, 0) is 32.3 Å². The van der Waals surface area contributed by atoms with Gasteiger partial charge in [0.1, 0.15) is 11.5 Å². The Labute approximate surface area is 269 Å². The van der Waals surface area contributed by atoms with Crippen LogP contribution < -0.4 is 9.47 Å². The Kier molecular flexibility index (Phi) is 9.10. The maximum Gasteiger partial charge on any atom is 0.255 e. The summed E-state index contributed by atoms with van der Waals surface area (Å²) in [7, 11) is -2.07. The standard InChI is InChI=1S/C36H36N2O7S/c1-43-31-12-7-11-27(23-31)33-36(37-34(45-33)26-15-17-30(18-16-26)44-21-8-20-39)24-28-9-5-6-10-29(28)25-38(35(36)40)19-22-46(41,42)32-13-3-2-4-14-32/h2-7,9-18,23,33,39H,8,19-22,24-25H2,1H3/t33-,36-/m1/s1. The second-order valence-electron chi connectivity index (χ2n) is 11.4. The number of nitrogens with zero attached hydrogens (tertiary/aromatic N) is 2. The fourth-order valence-electron chi connectivity index (χ4n) is 5.95. The van der Waals surface area contributed by atoms with E-state index in [-0.39, 0.29) is 42.7 Å². The van der Waals surface area contributed by atoms with E-state index in [2.05, 4.69) is 0 Å². The fourth-order valence-corrected chi connectivity index (χ4v) is 7.22. The molecule has 0 aromatic heterocycles. The molecule has 238 valence electrons. The minimum Gasteiger partial charge on any atom is -0.497 e. The molecule has 2 atom stereocenters. The number of hydrogen-bond acceptors (Lipinski definition) is 8. The zero-order valence-corrected chi connectivity index (χ0v) is 26.4. The first-order valence-electron chi connectivity index (χ1n) is 15.2. The van der Waals surface area contributed by atoms with Gasteiger partial charge in [-0.1, -0.05) is 54.6 Å². The molecular formula is C36H36N2O7S. The summed E-state index contributed by atoms with van der Waals surface area (Å²) in [4.78, 5) is 21.8. The van der Waals surface area contributed by atoms with E-state index in [1.807, 2.05) is 60.7 Å². The summed E-state index contributed by atoms with van der Waals surface area (Å²) >= 11 is 0. The van der Waals surface area contributed by atoms with E-state index >= 15 is 0 Å². The third-order valence-corrected chi connectivity index (χ3v) is 10.1. The summed E-state index contributed by atoms with van der Waals surface area (Å²) in [5.41, 5.74) is 1.84. The lowest BCUT2D eigenvalue weighted by molar-refractivity contribution is -0.139. The molecule has 2 aliphatic rings. The van der Waals surface area contributed by atoms with Crippen LogP contribution >= 0.6 is 0 Å². The maximum absolute atomic E-state index is 14.9. The molecule has 9 nitrogen and oxygen atoms in total. The molecule has 0 bridgehead atoms. The van der Waals surface area contributed by atoms with Crippen molar-refractivity contribution >= 4 is 21.6 Å². The highest BCUT2D eigenvalue weighted by atomic mass is 32.2. The molecular weight excluding hydrogens is 604 g/mol. The monoisotopic (exact) mass is 640 g/mol. The molecule has 1 spiro atoms. The zero-order valence-electron chi connectivity index (χ0n) is 25.5. The summed E-state index contributed by atoms with van der Waals surface area (Å²) in [5, 5.41) is 9.07. The lowest BCUT2D eigenvalue weighted by Crippen LogP contribution is -2.50. The number of sulfone groups is 1. The van der Waals surface area contributed by atoms with E-state index in [4.69, 9.17) is 24.3 Å². The van der Waals surface area contributed by atoms with Crippen molar-refractivity contribution in [2.45, 2.75) is 35.9 Å². The van der Waals surface area contributed by atoms with Gasteiger partial charge in [0.05, 0.1) is 24.4 Å². The van der Waals surface area contributed by atoms with Crippen molar-refractivity contribution in [2.75, 3.05) is 32.6 Å². The highest BCUT2D eigenvalue weighted by molar-refractivity contribution is 7.91. The highest BCUT2D eigenvalue weighted by Crippen LogP contribution is 2.46. The molecule has 2 aliphatic heterocycles. The van der Waals surface area contributed by atoms with Crippen LogP contribution in [-0.4, -0.2) is 68.4 Å². The number of aliphatic imine (C=N–C) groups is 1. The lowest BCUT2D eigenvalue weighted by atomic mass is 9.82. The van der Waals surface area contributed by atoms with Crippen LogP contribution in [0.15, 0.2) is 113 Å². The minimum absolute atomic E-state index is 0.0122. The summed E-state index contributed by atoms with van der Waals surface area (Å²) in [6, 6.07) is 30.8. The number of carbonyl (C=O) groups is 1. The van der Waals surface area contributed by atoms with E-state index in [0.29, 0.717) is 41.6 Å². The van der Waals surface area contributed by atoms with Crippen LogP contribution in [0.3, 0.4) is 0 Å². The van der Waals surface area contributed by atoms with Gasteiger partial charge in [0.2, 0.25) is 5.90 Å². The molecule has 1 amide bonds. The Morgan fingerprint density at radius 3 is 2.41 bits per heavy atom. The number of ether oxygens (including phenoxy) is 3. The van der Waals surface area contributed by atoms with E-state index < -0.39 is 21.5 Å². The van der Waals surface area contributed by atoms with Crippen LogP contribution in [0, 0.1) is 0 Å². The number of benzene rings is 4. The van der Waals surface area contributed by atoms with Gasteiger partial charge in [-0.2, -0.15) is 0 Å². The van der Waals surface area contributed by atoms with Crippen LogP contribution in [0.25, 0.3) is 0 Å². The van der Waals surface area contributed by atoms with Gasteiger partial charge in [-0.3, -0.25) is 4.79 Å². The van der Waals surface area contributed by atoms with E-state index in [1.54, 1.807) is 54.5 Å². The molecule has 0 saturated heterocycles. The van der Waals surface area contributed by atoms with Crippen LogP contribution in [0.5, 0.6) is 11.5 Å². The predicted octanol–water partition coefficient (Wildman–Crippen LogP) is 4.77. The molecule has 6 rings (SSSR count). The van der Waals surface area contributed by atoms with Crippen molar-refractivity contribution in [1.82, 2.24) is 4.90 Å². The number of fused-ring (bicyclic) bond motifs is 1. The Bertz CT molecular complexity index is 1830. The number of carbonyl (C=O) groups excluding carboxylic acids is 1. The third kappa shape index (κ3) is 6.36. The molecule has 0 aliphatic carbocycles. The zero-order chi connectivity index (χ0) is 32.1. The van der Waals surface area contributed by atoms with Crippen molar-refractivity contribution in [3.05, 3.63) is 125 Å². The van der Waals surface area contributed by atoms with Crippen LogP contribution in [0.4, 0.5) is 0 Å². The van der Waals surface area contributed by atoms with Crippen molar-refractivity contribution in [1.29, 1.82) is 0 Å². The Balaban J connectivity index is 1.42. The maximum atomic E-state index is 14.9. The van der Waals surface area contributed by atoms with E-state index in [9.17, 15) is 13.2 Å². The second-order valence-corrected chi connectivity index (χ2v) is 13.5. The van der Waals surface area contributed by atoms with Gasteiger partial charge >= 0.3 is 0 Å². The molecule has 46 heavy (non-hydrogen) atoms. The molecule has 0 unspecified atom stereocenters. The number of amides is 1. The number of aliphatic hydroxyl groups excluding tert-OH is 1. The first-order valence-corrected chi connectivity index (χ1v) is 16.9. The fraction of sp³-hybridized carbons (Fsp3) is 0.278. The average molecular weight is 641 g/mol.